The first-order valence-corrected chi connectivity index (χ1v) is 7.24. The molecule has 0 aromatic heterocycles. The fourth-order valence-corrected chi connectivity index (χ4v) is 2.07. The lowest BCUT2D eigenvalue weighted by Crippen LogP contribution is -2.43. The second-order valence-corrected chi connectivity index (χ2v) is 5.35. The maximum absolute atomic E-state index is 13.1. The molecular weight excluding hydrogens is 291 g/mol. The van der Waals surface area contributed by atoms with Crippen LogP contribution in [0, 0.1) is 11.7 Å². The highest BCUT2D eigenvalue weighted by molar-refractivity contribution is 5.85. The largest absolute Gasteiger partial charge is 0.342 e. The molecule has 21 heavy (non-hydrogen) atoms. The molecular formula is C16H26ClFN2O. The molecule has 2 atom stereocenters. The van der Waals surface area contributed by atoms with Gasteiger partial charge in [-0.3, -0.25) is 4.79 Å². The Bertz CT molecular complexity index is 440. The molecule has 1 rings (SSSR count). The van der Waals surface area contributed by atoms with Gasteiger partial charge >= 0.3 is 0 Å². The number of hydrogen-bond donors (Lipinski definition) is 1. The van der Waals surface area contributed by atoms with Crippen molar-refractivity contribution in [3.8, 4) is 0 Å². The van der Waals surface area contributed by atoms with Gasteiger partial charge in [0.1, 0.15) is 5.82 Å². The summed E-state index contributed by atoms with van der Waals surface area (Å²) in [5, 5.41) is 0. The molecule has 120 valence electrons. The fourth-order valence-electron chi connectivity index (χ4n) is 2.07. The van der Waals surface area contributed by atoms with Gasteiger partial charge in [0.15, 0.2) is 0 Å². The zero-order valence-electron chi connectivity index (χ0n) is 13.0. The first-order valence-electron chi connectivity index (χ1n) is 7.24. The molecule has 0 fully saturated rings. The predicted molar refractivity (Wildman–Crippen MR) is 87.0 cm³/mol. The first-order chi connectivity index (χ1) is 9.45. The van der Waals surface area contributed by atoms with Crippen molar-refractivity contribution in [1.82, 2.24) is 4.90 Å². The SMILES string of the molecule is CCCN(CCc1cccc(F)c1)C(=O)C(C)C(C)N.Cl. The lowest BCUT2D eigenvalue weighted by molar-refractivity contribution is -0.135. The monoisotopic (exact) mass is 316 g/mol. The van der Waals surface area contributed by atoms with Crippen LogP contribution in [0.4, 0.5) is 4.39 Å². The molecule has 5 heteroatoms. The summed E-state index contributed by atoms with van der Waals surface area (Å²) in [5.74, 6) is -0.341. The Labute approximate surface area is 133 Å². The molecule has 1 aromatic rings. The molecule has 0 aliphatic rings. The number of carbonyl (C=O) groups excluding carboxylic acids is 1. The van der Waals surface area contributed by atoms with E-state index >= 15 is 0 Å². The standard InChI is InChI=1S/C16H25FN2O.ClH/c1-4-9-19(16(20)12(2)13(3)18)10-8-14-6-5-7-15(17)11-14;/h5-7,11-13H,4,8-10,18H2,1-3H3;1H. The van der Waals surface area contributed by atoms with Crippen LogP contribution in [0.1, 0.15) is 32.8 Å². The zero-order valence-corrected chi connectivity index (χ0v) is 13.8. The summed E-state index contributed by atoms with van der Waals surface area (Å²) < 4.78 is 13.1. The number of nitrogens with zero attached hydrogens (tertiary/aromatic N) is 1. The number of hydrogen-bond acceptors (Lipinski definition) is 2. The van der Waals surface area contributed by atoms with E-state index in [0.717, 1.165) is 12.0 Å². The Morgan fingerprint density at radius 1 is 1.33 bits per heavy atom. The zero-order chi connectivity index (χ0) is 15.1. The first kappa shape index (κ1) is 19.9. The van der Waals surface area contributed by atoms with Crippen LogP contribution in [0.3, 0.4) is 0 Å². The van der Waals surface area contributed by atoms with E-state index in [-0.39, 0.29) is 36.1 Å². The molecule has 0 saturated carbocycles. The summed E-state index contributed by atoms with van der Waals surface area (Å²) in [7, 11) is 0. The molecule has 2 N–H and O–H groups in total. The van der Waals surface area contributed by atoms with Gasteiger partial charge < -0.3 is 10.6 Å². The van der Waals surface area contributed by atoms with E-state index in [2.05, 4.69) is 0 Å². The normalized spacial score (nSPS) is 13.2. The molecule has 0 aliphatic heterocycles. The number of nitrogens with two attached hydrogens (primary N) is 1. The highest BCUT2D eigenvalue weighted by Crippen LogP contribution is 2.10. The second kappa shape index (κ2) is 9.74. The average Bonchev–Trinajstić information content (AvgIpc) is 2.41. The van der Waals surface area contributed by atoms with Gasteiger partial charge in [-0.2, -0.15) is 0 Å². The summed E-state index contributed by atoms with van der Waals surface area (Å²) in [5.41, 5.74) is 6.71. The van der Waals surface area contributed by atoms with E-state index in [4.69, 9.17) is 5.73 Å². The van der Waals surface area contributed by atoms with Crippen LogP contribution in [0.15, 0.2) is 24.3 Å². The van der Waals surface area contributed by atoms with E-state index < -0.39 is 0 Å². The van der Waals surface area contributed by atoms with Gasteiger partial charge in [-0.1, -0.05) is 26.0 Å². The number of amides is 1. The Morgan fingerprint density at radius 2 is 2.00 bits per heavy atom. The second-order valence-electron chi connectivity index (χ2n) is 5.35. The van der Waals surface area contributed by atoms with Crippen LogP contribution in [0.5, 0.6) is 0 Å². The Hall–Kier alpha value is -1.13. The molecule has 0 saturated heterocycles. The Balaban J connectivity index is 0.00000400. The van der Waals surface area contributed by atoms with Gasteiger partial charge in [0.2, 0.25) is 5.91 Å². The fraction of sp³-hybridized carbons (Fsp3) is 0.562. The molecule has 0 aliphatic carbocycles. The number of rotatable bonds is 7. The number of halogens is 2. The molecule has 2 unspecified atom stereocenters. The molecule has 1 amide bonds. The van der Waals surface area contributed by atoms with Crippen molar-refractivity contribution in [3.63, 3.8) is 0 Å². The van der Waals surface area contributed by atoms with E-state index in [0.29, 0.717) is 19.5 Å². The minimum atomic E-state index is -0.236. The van der Waals surface area contributed by atoms with Crippen LogP contribution in [0.2, 0.25) is 0 Å². The van der Waals surface area contributed by atoms with Gasteiger partial charge in [-0.25, -0.2) is 4.39 Å². The third-order valence-corrected chi connectivity index (χ3v) is 3.54. The van der Waals surface area contributed by atoms with Gasteiger partial charge in [-0.15, -0.1) is 12.4 Å². The van der Waals surface area contributed by atoms with E-state index in [1.807, 2.05) is 31.7 Å². The molecule has 0 spiro atoms. The lowest BCUT2D eigenvalue weighted by atomic mass is 10.0. The summed E-state index contributed by atoms with van der Waals surface area (Å²) >= 11 is 0. The van der Waals surface area contributed by atoms with Crippen LogP contribution in [0.25, 0.3) is 0 Å². The molecule has 1 aromatic carbocycles. The number of benzene rings is 1. The smallest absolute Gasteiger partial charge is 0.226 e. The maximum atomic E-state index is 13.1. The van der Waals surface area contributed by atoms with Crippen molar-refractivity contribution in [2.45, 2.75) is 39.7 Å². The average molecular weight is 317 g/mol. The molecule has 3 nitrogen and oxygen atoms in total. The van der Waals surface area contributed by atoms with Gasteiger partial charge in [0.25, 0.3) is 0 Å². The topological polar surface area (TPSA) is 46.3 Å². The Kier molecular flexibility index (Phi) is 9.22. The molecule has 0 radical (unpaired) electrons. The lowest BCUT2D eigenvalue weighted by Gasteiger charge is -2.27. The van der Waals surface area contributed by atoms with E-state index in [1.54, 1.807) is 6.07 Å². The molecule has 0 bridgehead atoms. The molecule has 0 heterocycles. The highest BCUT2D eigenvalue weighted by atomic mass is 35.5. The minimum Gasteiger partial charge on any atom is -0.342 e. The van der Waals surface area contributed by atoms with Crippen molar-refractivity contribution >= 4 is 18.3 Å². The number of carbonyl (C=O) groups is 1. The highest BCUT2D eigenvalue weighted by Gasteiger charge is 2.22. The quantitative estimate of drug-likeness (QED) is 0.840. The van der Waals surface area contributed by atoms with Crippen LogP contribution in [-0.4, -0.2) is 29.9 Å². The van der Waals surface area contributed by atoms with Crippen molar-refractivity contribution in [2.24, 2.45) is 11.7 Å². The summed E-state index contributed by atoms with van der Waals surface area (Å²) in [6, 6.07) is 6.37. The van der Waals surface area contributed by atoms with Crippen molar-refractivity contribution in [2.75, 3.05) is 13.1 Å². The van der Waals surface area contributed by atoms with E-state index in [1.165, 1.54) is 12.1 Å². The van der Waals surface area contributed by atoms with Crippen molar-refractivity contribution in [3.05, 3.63) is 35.6 Å². The minimum absolute atomic E-state index is 0. The van der Waals surface area contributed by atoms with Gasteiger partial charge in [0.05, 0.1) is 5.92 Å². The van der Waals surface area contributed by atoms with Crippen LogP contribution < -0.4 is 5.73 Å². The van der Waals surface area contributed by atoms with Gasteiger partial charge in [0, 0.05) is 19.1 Å². The third kappa shape index (κ3) is 6.44. The predicted octanol–water partition coefficient (Wildman–Crippen LogP) is 3.01. The van der Waals surface area contributed by atoms with Crippen molar-refractivity contribution < 1.29 is 9.18 Å². The maximum Gasteiger partial charge on any atom is 0.226 e. The summed E-state index contributed by atoms with van der Waals surface area (Å²) in [6.45, 7) is 7.06. The van der Waals surface area contributed by atoms with Crippen molar-refractivity contribution in [1.29, 1.82) is 0 Å². The van der Waals surface area contributed by atoms with Crippen LogP contribution in [-0.2, 0) is 11.2 Å². The van der Waals surface area contributed by atoms with Crippen LogP contribution >= 0.6 is 12.4 Å². The van der Waals surface area contributed by atoms with Gasteiger partial charge in [-0.05, 0) is 37.5 Å². The Morgan fingerprint density at radius 3 is 2.52 bits per heavy atom. The van der Waals surface area contributed by atoms with E-state index in [9.17, 15) is 9.18 Å². The summed E-state index contributed by atoms with van der Waals surface area (Å²) in [4.78, 5) is 14.2. The third-order valence-electron chi connectivity index (χ3n) is 3.54. The summed E-state index contributed by atoms with van der Waals surface area (Å²) in [6.07, 6.45) is 1.57.